The number of anilines is 1. The van der Waals surface area contributed by atoms with E-state index >= 15 is 0 Å². The van der Waals surface area contributed by atoms with Gasteiger partial charge in [-0.2, -0.15) is 4.37 Å². The summed E-state index contributed by atoms with van der Waals surface area (Å²) in [4.78, 5) is 4.44. The van der Waals surface area contributed by atoms with Gasteiger partial charge in [0.15, 0.2) is 0 Å². The minimum absolute atomic E-state index is 0.507. The van der Waals surface area contributed by atoms with Gasteiger partial charge in [0.2, 0.25) is 5.13 Å². The smallest absolute Gasteiger partial charge is 0.202 e. The Labute approximate surface area is 96.5 Å². The second-order valence-corrected chi connectivity index (χ2v) is 4.71. The van der Waals surface area contributed by atoms with Gasteiger partial charge in [-0.15, -0.1) is 0 Å². The minimum atomic E-state index is 0.507. The molecule has 1 aromatic heterocycles. The summed E-state index contributed by atoms with van der Waals surface area (Å²) in [5.41, 5.74) is 0. The number of nitrogens with one attached hydrogen (secondary N) is 1. The van der Waals surface area contributed by atoms with Crippen molar-refractivity contribution in [3.63, 3.8) is 0 Å². The van der Waals surface area contributed by atoms with Gasteiger partial charge in [0.1, 0.15) is 5.82 Å². The third-order valence-corrected chi connectivity index (χ3v) is 2.99. The highest BCUT2D eigenvalue weighted by molar-refractivity contribution is 7.09. The fourth-order valence-electron chi connectivity index (χ4n) is 1.43. The van der Waals surface area contributed by atoms with Crippen molar-refractivity contribution in [2.45, 2.75) is 58.9 Å². The van der Waals surface area contributed by atoms with Crippen molar-refractivity contribution >= 4 is 16.7 Å². The first-order valence-corrected chi connectivity index (χ1v) is 6.62. The Hall–Kier alpha value is -0.640. The molecule has 0 saturated heterocycles. The molecule has 86 valence electrons. The number of hydrogen-bond donors (Lipinski definition) is 1. The van der Waals surface area contributed by atoms with Gasteiger partial charge < -0.3 is 5.32 Å². The van der Waals surface area contributed by atoms with Crippen molar-refractivity contribution in [3.05, 3.63) is 5.82 Å². The van der Waals surface area contributed by atoms with Gasteiger partial charge in [0.25, 0.3) is 0 Å². The van der Waals surface area contributed by atoms with E-state index in [0.29, 0.717) is 6.04 Å². The average molecular weight is 227 g/mol. The number of nitrogens with zero attached hydrogens (tertiary/aromatic N) is 2. The Kier molecular flexibility index (Phi) is 5.61. The molecule has 0 spiro atoms. The Balaban J connectivity index is 2.35. The standard InChI is InChI=1S/C11H21N3S/c1-4-6-8-9(3)12-11-13-10(7-5-2)14-15-11/h9H,4-8H2,1-3H3,(H,12,13,14). The lowest BCUT2D eigenvalue weighted by Crippen LogP contribution is -2.14. The summed E-state index contributed by atoms with van der Waals surface area (Å²) in [7, 11) is 0. The molecule has 1 rings (SSSR count). The first-order chi connectivity index (χ1) is 7.26. The van der Waals surface area contributed by atoms with Crippen LogP contribution in [0, 0.1) is 0 Å². The second kappa shape index (κ2) is 6.77. The molecule has 1 atom stereocenters. The number of rotatable bonds is 7. The first kappa shape index (κ1) is 12.4. The van der Waals surface area contributed by atoms with Gasteiger partial charge in [-0.1, -0.05) is 26.7 Å². The maximum absolute atomic E-state index is 4.44. The van der Waals surface area contributed by atoms with E-state index in [9.17, 15) is 0 Å². The summed E-state index contributed by atoms with van der Waals surface area (Å²) in [5.74, 6) is 0.979. The van der Waals surface area contributed by atoms with Crippen molar-refractivity contribution in [2.24, 2.45) is 0 Å². The molecule has 3 nitrogen and oxygen atoms in total. The highest BCUT2D eigenvalue weighted by atomic mass is 32.1. The van der Waals surface area contributed by atoms with Crippen LogP contribution in [0.4, 0.5) is 5.13 Å². The van der Waals surface area contributed by atoms with Gasteiger partial charge in [-0.25, -0.2) is 4.98 Å². The monoisotopic (exact) mass is 227 g/mol. The molecule has 0 aliphatic rings. The topological polar surface area (TPSA) is 37.8 Å². The molecule has 1 unspecified atom stereocenters. The highest BCUT2D eigenvalue weighted by Crippen LogP contribution is 2.15. The van der Waals surface area contributed by atoms with E-state index in [1.165, 1.54) is 30.8 Å². The van der Waals surface area contributed by atoms with Crippen LogP contribution < -0.4 is 5.32 Å². The maximum atomic E-state index is 4.44. The molecule has 15 heavy (non-hydrogen) atoms. The van der Waals surface area contributed by atoms with Crippen molar-refractivity contribution in [1.82, 2.24) is 9.36 Å². The van der Waals surface area contributed by atoms with Crippen molar-refractivity contribution < 1.29 is 0 Å². The van der Waals surface area contributed by atoms with Crippen LogP contribution in [0.5, 0.6) is 0 Å². The molecular formula is C11H21N3S. The van der Waals surface area contributed by atoms with Crippen LogP contribution in [0.25, 0.3) is 0 Å². The molecule has 1 aromatic rings. The lowest BCUT2D eigenvalue weighted by atomic mass is 10.1. The molecule has 0 saturated carbocycles. The zero-order valence-corrected chi connectivity index (χ0v) is 10.7. The van der Waals surface area contributed by atoms with Crippen LogP contribution >= 0.6 is 11.5 Å². The summed E-state index contributed by atoms with van der Waals surface area (Å²) in [6.45, 7) is 6.57. The van der Waals surface area contributed by atoms with E-state index in [0.717, 1.165) is 23.8 Å². The molecule has 1 N–H and O–H groups in total. The van der Waals surface area contributed by atoms with Gasteiger partial charge in [-0.05, 0) is 19.8 Å². The SMILES string of the molecule is CCCCC(C)Nc1nc(CCC)ns1. The summed E-state index contributed by atoms with van der Waals surface area (Å²) >= 11 is 1.48. The normalized spacial score (nSPS) is 12.7. The van der Waals surface area contributed by atoms with Crippen LogP contribution in [-0.4, -0.2) is 15.4 Å². The highest BCUT2D eigenvalue weighted by Gasteiger charge is 2.06. The summed E-state index contributed by atoms with van der Waals surface area (Å²) < 4.78 is 4.31. The quantitative estimate of drug-likeness (QED) is 0.775. The predicted octanol–water partition coefficient (Wildman–Crippen LogP) is 3.48. The summed E-state index contributed by atoms with van der Waals surface area (Å²) in [5, 5.41) is 4.37. The third-order valence-electron chi connectivity index (χ3n) is 2.30. The lowest BCUT2D eigenvalue weighted by molar-refractivity contribution is 0.644. The lowest BCUT2D eigenvalue weighted by Gasteiger charge is -2.10. The fraction of sp³-hybridized carbons (Fsp3) is 0.818. The summed E-state index contributed by atoms with van der Waals surface area (Å²) in [6.07, 6.45) is 5.83. The Morgan fingerprint density at radius 2 is 2.13 bits per heavy atom. The molecular weight excluding hydrogens is 206 g/mol. The number of aryl methyl sites for hydroxylation is 1. The van der Waals surface area contributed by atoms with E-state index < -0.39 is 0 Å². The van der Waals surface area contributed by atoms with E-state index in [1.807, 2.05) is 0 Å². The van der Waals surface area contributed by atoms with Crippen molar-refractivity contribution in [2.75, 3.05) is 5.32 Å². The Morgan fingerprint density at radius 3 is 2.80 bits per heavy atom. The molecule has 0 fully saturated rings. The molecule has 0 aromatic carbocycles. The Bertz CT molecular complexity index is 273. The third kappa shape index (κ3) is 4.60. The molecule has 1 heterocycles. The molecule has 0 aliphatic heterocycles. The van der Waals surface area contributed by atoms with E-state index in [1.54, 1.807) is 0 Å². The average Bonchev–Trinajstić information content (AvgIpc) is 2.63. The number of aromatic nitrogens is 2. The van der Waals surface area contributed by atoms with E-state index in [2.05, 4.69) is 35.4 Å². The summed E-state index contributed by atoms with van der Waals surface area (Å²) in [6, 6.07) is 0.507. The van der Waals surface area contributed by atoms with Gasteiger partial charge in [-0.3, -0.25) is 0 Å². The minimum Gasteiger partial charge on any atom is -0.358 e. The zero-order valence-electron chi connectivity index (χ0n) is 9.92. The van der Waals surface area contributed by atoms with Crippen molar-refractivity contribution in [3.8, 4) is 0 Å². The molecule has 0 aliphatic carbocycles. The van der Waals surface area contributed by atoms with Crippen LogP contribution in [0.1, 0.15) is 52.3 Å². The van der Waals surface area contributed by atoms with Crippen molar-refractivity contribution in [1.29, 1.82) is 0 Å². The van der Waals surface area contributed by atoms with Gasteiger partial charge in [0.05, 0.1) is 0 Å². The van der Waals surface area contributed by atoms with E-state index in [-0.39, 0.29) is 0 Å². The fourth-order valence-corrected chi connectivity index (χ4v) is 2.16. The second-order valence-electron chi connectivity index (χ2n) is 3.95. The Morgan fingerprint density at radius 1 is 1.33 bits per heavy atom. The largest absolute Gasteiger partial charge is 0.358 e. The number of hydrogen-bond acceptors (Lipinski definition) is 4. The molecule has 0 amide bonds. The van der Waals surface area contributed by atoms with Crippen LogP contribution in [0.15, 0.2) is 0 Å². The molecule has 0 bridgehead atoms. The van der Waals surface area contributed by atoms with Crippen LogP contribution in [0.3, 0.4) is 0 Å². The number of unbranched alkanes of at least 4 members (excludes halogenated alkanes) is 1. The molecule has 4 heteroatoms. The predicted molar refractivity (Wildman–Crippen MR) is 66.5 cm³/mol. The van der Waals surface area contributed by atoms with E-state index in [4.69, 9.17) is 0 Å². The van der Waals surface area contributed by atoms with Gasteiger partial charge >= 0.3 is 0 Å². The van der Waals surface area contributed by atoms with Crippen LogP contribution in [-0.2, 0) is 6.42 Å². The van der Waals surface area contributed by atoms with Gasteiger partial charge in [0, 0.05) is 24.0 Å². The zero-order chi connectivity index (χ0) is 11.1. The van der Waals surface area contributed by atoms with Crippen LogP contribution in [0.2, 0.25) is 0 Å². The maximum Gasteiger partial charge on any atom is 0.202 e. The molecule has 0 radical (unpaired) electrons. The first-order valence-electron chi connectivity index (χ1n) is 5.85.